The van der Waals surface area contributed by atoms with Gasteiger partial charge in [0.1, 0.15) is 11.5 Å². The topological polar surface area (TPSA) is 59.6 Å². The van der Waals surface area contributed by atoms with Gasteiger partial charge in [-0.1, -0.05) is 12.8 Å². The Morgan fingerprint density at radius 3 is 2.90 bits per heavy atom. The van der Waals surface area contributed by atoms with Crippen LogP contribution in [0.1, 0.15) is 31.2 Å². The third-order valence-corrected chi connectivity index (χ3v) is 3.82. The number of nitrogens with one attached hydrogen (secondary N) is 2. The molecule has 1 aromatic rings. The zero-order valence-electron chi connectivity index (χ0n) is 12.8. The summed E-state index contributed by atoms with van der Waals surface area (Å²) in [6.07, 6.45) is 4.36. The number of methoxy groups -OCH3 is 2. The average molecular weight is 292 g/mol. The van der Waals surface area contributed by atoms with Crippen LogP contribution in [0.2, 0.25) is 0 Å². The van der Waals surface area contributed by atoms with Crippen LogP contribution in [0.15, 0.2) is 18.2 Å². The van der Waals surface area contributed by atoms with Crippen molar-refractivity contribution in [2.24, 2.45) is 0 Å². The third kappa shape index (κ3) is 4.36. The SMILES string of the molecule is COc1ccc(CNC(=O)C2CCCCCN2)c(OC)c1. The van der Waals surface area contributed by atoms with Crippen molar-refractivity contribution < 1.29 is 14.3 Å². The van der Waals surface area contributed by atoms with Gasteiger partial charge in [-0.05, 0) is 31.5 Å². The number of benzene rings is 1. The van der Waals surface area contributed by atoms with Crippen LogP contribution in [0, 0.1) is 0 Å². The summed E-state index contributed by atoms with van der Waals surface area (Å²) in [5, 5.41) is 6.29. The number of amides is 1. The number of rotatable bonds is 5. The molecule has 0 aromatic heterocycles. The molecule has 1 atom stereocenters. The minimum Gasteiger partial charge on any atom is -0.497 e. The highest BCUT2D eigenvalue weighted by Gasteiger charge is 2.19. The maximum Gasteiger partial charge on any atom is 0.237 e. The van der Waals surface area contributed by atoms with E-state index in [4.69, 9.17) is 9.47 Å². The Morgan fingerprint density at radius 2 is 2.14 bits per heavy atom. The average Bonchev–Trinajstić information content (AvgIpc) is 2.81. The van der Waals surface area contributed by atoms with Crippen LogP contribution in [0.5, 0.6) is 11.5 Å². The first-order valence-electron chi connectivity index (χ1n) is 7.46. The number of carbonyl (C=O) groups is 1. The molecule has 0 bridgehead atoms. The molecule has 1 amide bonds. The minimum absolute atomic E-state index is 0.0646. The predicted octanol–water partition coefficient (Wildman–Crippen LogP) is 1.85. The molecule has 1 saturated heterocycles. The second-order valence-corrected chi connectivity index (χ2v) is 5.25. The van der Waals surface area contributed by atoms with Gasteiger partial charge in [0.05, 0.1) is 20.3 Å². The van der Waals surface area contributed by atoms with E-state index in [1.165, 1.54) is 6.42 Å². The molecule has 1 unspecified atom stereocenters. The molecular formula is C16H24N2O3. The van der Waals surface area contributed by atoms with E-state index in [9.17, 15) is 4.79 Å². The molecule has 0 saturated carbocycles. The Balaban J connectivity index is 1.94. The second kappa shape index (κ2) is 7.88. The van der Waals surface area contributed by atoms with Gasteiger partial charge >= 0.3 is 0 Å². The number of ether oxygens (including phenoxy) is 2. The molecule has 2 N–H and O–H groups in total. The molecule has 2 rings (SSSR count). The number of carbonyl (C=O) groups excluding carboxylic acids is 1. The molecule has 116 valence electrons. The zero-order chi connectivity index (χ0) is 15.1. The highest BCUT2D eigenvalue weighted by Crippen LogP contribution is 2.24. The van der Waals surface area contributed by atoms with Crippen molar-refractivity contribution >= 4 is 5.91 Å². The van der Waals surface area contributed by atoms with Crippen molar-refractivity contribution in [2.45, 2.75) is 38.3 Å². The normalized spacial score (nSPS) is 18.7. The zero-order valence-corrected chi connectivity index (χ0v) is 12.8. The van der Waals surface area contributed by atoms with Gasteiger partial charge in [-0.25, -0.2) is 0 Å². The Bertz CT molecular complexity index is 469. The van der Waals surface area contributed by atoms with Crippen LogP contribution < -0.4 is 20.1 Å². The van der Waals surface area contributed by atoms with Crippen molar-refractivity contribution in [3.8, 4) is 11.5 Å². The lowest BCUT2D eigenvalue weighted by molar-refractivity contribution is -0.123. The van der Waals surface area contributed by atoms with E-state index in [0.29, 0.717) is 6.54 Å². The van der Waals surface area contributed by atoms with Crippen LogP contribution in [0.25, 0.3) is 0 Å². The summed E-state index contributed by atoms with van der Waals surface area (Å²) in [5.41, 5.74) is 0.945. The predicted molar refractivity (Wildman–Crippen MR) is 81.7 cm³/mol. The Morgan fingerprint density at radius 1 is 1.29 bits per heavy atom. The van der Waals surface area contributed by atoms with Crippen LogP contribution in [-0.4, -0.2) is 32.7 Å². The maximum absolute atomic E-state index is 12.2. The molecule has 1 aromatic carbocycles. The van der Waals surface area contributed by atoms with E-state index in [1.54, 1.807) is 14.2 Å². The van der Waals surface area contributed by atoms with E-state index < -0.39 is 0 Å². The summed E-state index contributed by atoms with van der Waals surface area (Å²) in [7, 11) is 3.24. The van der Waals surface area contributed by atoms with Crippen molar-refractivity contribution in [1.29, 1.82) is 0 Å². The molecule has 0 radical (unpaired) electrons. The smallest absolute Gasteiger partial charge is 0.237 e. The van der Waals surface area contributed by atoms with Crippen molar-refractivity contribution in [3.63, 3.8) is 0 Å². The van der Waals surface area contributed by atoms with Crippen LogP contribution in [-0.2, 0) is 11.3 Å². The van der Waals surface area contributed by atoms with Crippen LogP contribution in [0.3, 0.4) is 0 Å². The maximum atomic E-state index is 12.2. The minimum atomic E-state index is -0.0725. The summed E-state index contributed by atoms with van der Waals surface area (Å²) in [6, 6.07) is 5.54. The Hall–Kier alpha value is -1.75. The quantitative estimate of drug-likeness (QED) is 0.869. The van der Waals surface area contributed by atoms with Crippen LogP contribution >= 0.6 is 0 Å². The standard InChI is InChI=1S/C16H24N2O3/c1-20-13-8-7-12(15(10-13)21-2)11-18-16(19)14-6-4-3-5-9-17-14/h7-8,10,14,17H,3-6,9,11H2,1-2H3,(H,18,19). The highest BCUT2D eigenvalue weighted by molar-refractivity contribution is 5.81. The molecule has 1 aliphatic rings. The summed E-state index contributed by atoms with van der Waals surface area (Å²) >= 11 is 0. The van der Waals surface area contributed by atoms with E-state index in [-0.39, 0.29) is 11.9 Å². The van der Waals surface area contributed by atoms with Gasteiger partial charge in [-0.15, -0.1) is 0 Å². The van der Waals surface area contributed by atoms with Gasteiger partial charge in [-0.2, -0.15) is 0 Å². The van der Waals surface area contributed by atoms with Crippen molar-refractivity contribution in [2.75, 3.05) is 20.8 Å². The van der Waals surface area contributed by atoms with E-state index in [1.807, 2.05) is 18.2 Å². The van der Waals surface area contributed by atoms with Crippen LogP contribution in [0.4, 0.5) is 0 Å². The fraction of sp³-hybridized carbons (Fsp3) is 0.562. The van der Waals surface area contributed by atoms with E-state index >= 15 is 0 Å². The molecule has 1 heterocycles. The lowest BCUT2D eigenvalue weighted by Gasteiger charge is -2.16. The molecular weight excluding hydrogens is 268 g/mol. The lowest BCUT2D eigenvalue weighted by Crippen LogP contribution is -2.43. The van der Waals surface area contributed by atoms with Gasteiger partial charge in [-0.3, -0.25) is 4.79 Å². The fourth-order valence-corrected chi connectivity index (χ4v) is 2.56. The summed E-state index contributed by atoms with van der Waals surface area (Å²) in [4.78, 5) is 12.2. The molecule has 0 aliphatic carbocycles. The summed E-state index contributed by atoms with van der Waals surface area (Å²) in [6.45, 7) is 1.38. The molecule has 21 heavy (non-hydrogen) atoms. The molecule has 5 heteroatoms. The van der Waals surface area contributed by atoms with E-state index in [0.717, 1.165) is 42.9 Å². The largest absolute Gasteiger partial charge is 0.497 e. The van der Waals surface area contributed by atoms with Crippen molar-refractivity contribution in [1.82, 2.24) is 10.6 Å². The molecule has 5 nitrogen and oxygen atoms in total. The first kappa shape index (κ1) is 15.6. The molecule has 1 aliphatic heterocycles. The lowest BCUT2D eigenvalue weighted by atomic mass is 10.1. The molecule has 0 spiro atoms. The third-order valence-electron chi connectivity index (χ3n) is 3.82. The fourth-order valence-electron chi connectivity index (χ4n) is 2.56. The first-order valence-corrected chi connectivity index (χ1v) is 7.46. The van der Waals surface area contributed by atoms with E-state index in [2.05, 4.69) is 10.6 Å². The van der Waals surface area contributed by atoms with Gasteiger partial charge in [0.2, 0.25) is 5.91 Å². The highest BCUT2D eigenvalue weighted by atomic mass is 16.5. The molecule has 1 fully saturated rings. The Kier molecular flexibility index (Phi) is 5.87. The van der Waals surface area contributed by atoms with Gasteiger partial charge in [0.25, 0.3) is 0 Å². The van der Waals surface area contributed by atoms with Gasteiger partial charge in [0, 0.05) is 18.2 Å². The van der Waals surface area contributed by atoms with Gasteiger partial charge < -0.3 is 20.1 Å². The second-order valence-electron chi connectivity index (χ2n) is 5.25. The first-order chi connectivity index (χ1) is 10.2. The summed E-state index contributed by atoms with van der Waals surface area (Å²) < 4.78 is 10.5. The number of hydrogen-bond donors (Lipinski definition) is 2. The van der Waals surface area contributed by atoms with Crippen molar-refractivity contribution in [3.05, 3.63) is 23.8 Å². The summed E-state index contributed by atoms with van der Waals surface area (Å²) in [5.74, 6) is 1.53. The Labute approximate surface area is 126 Å². The number of hydrogen-bond acceptors (Lipinski definition) is 4. The van der Waals surface area contributed by atoms with Gasteiger partial charge in [0.15, 0.2) is 0 Å². The monoisotopic (exact) mass is 292 g/mol.